The summed E-state index contributed by atoms with van der Waals surface area (Å²) < 4.78 is 5.07. The predicted octanol–water partition coefficient (Wildman–Crippen LogP) is 4.93. The maximum atomic E-state index is 12.3. The highest BCUT2D eigenvalue weighted by molar-refractivity contribution is 5.90. The van der Waals surface area contributed by atoms with Gasteiger partial charge in [-0.1, -0.05) is 59.4 Å². The molecule has 3 N–H and O–H groups in total. The third-order valence-corrected chi connectivity index (χ3v) is 4.28. The summed E-state index contributed by atoms with van der Waals surface area (Å²) in [5, 5.41) is 15.0. The molecule has 3 amide bonds. The quantitative estimate of drug-likeness (QED) is 0.321. The van der Waals surface area contributed by atoms with Gasteiger partial charge in [0.05, 0.1) is 6.10 Å². The first-order valence-electron chi connectivity index (χ1n) is 13.4. The van der Waals surface area contributed by atoms with Crippen LogP contribution in [0.1, 0.15) is 81.6 Å². The van der Waals surface area contributed by atoms with Gasteiger partial charge in [-0.25, -0.2) is 4.79 Å². The molecule has 2 atom stereocenters. The number of β-amino-alcohol motifs (C(OH)–C–C–N with tert-alkyl or cyclic N) is 1. The number of aliphatic hydroxyl groups is 1. The van der Waals surface area contributed by atoms with Gasteiger partial charge in [0, 0.05) is 19.5 Å². The lowest BCUT2D eigenvalue weighted by Gasteiger charge is -2.24. The molecule has 8 nitrogen and oxygen atoms in total. The summed E-state index contributed by atoms with van der Waals surface area (Å²) in [4.78, 5) is 37.5. The fourth-order valence-corrected chi connectivity index (χ4v) is 2.72. The summed E-state index contributed by atoms with van der Waals surface area (Å²) in [5.74, 6) is 0.714. The molecular weight excluding hydrogens is 494 g/mol. The van der Waals surface area contributed by atoms with Gasteiger partial charge in [-0.2, -0.15) is 0 Å². The Hall–Kier alpha value is -3.23. The number of aliphatic hydroxyl groups excluding tert-OH is 1. The van der Waals surface area contributed by atoms with Crippen LogP contribution in [-0.4, -0.2) is 65.3 Å². The lowest BCUT2D eigenvalue weighted by molar-refractivity contribution is -0.137. The van der Waals surface area contributed by atoms with Crippen LogP contribution in [0.2, 0.25) is 0 Å². The Morgan fingerprint density at radius 3 is 1.92 bits per heavy atom. The van der Waals surface area contributed by atoms with Gasteiger partial charge in [0.2, 0.25) is 11.8 Å². The second-order valence-electron chi connectivity index (χ2n) is 9.99. The number of alkyl carbamates (subject to hydrolysis) is 1. The van der Waals surface area contributed by atoms with Crippen molar-refractivity contribution in [2.24, 2.45) is 11.8 Å². The zero-order valence-corrected chi connectivity index (χ0v) is 25.8. The zero-order chi connectivity index (χ0) is 31.6. The first-order valence-corrected chi connectivity index (χ1v) is 13.4. The largest absolute Gasteiger partial charge is 0.444 e. The second kappa shape index (κ2) is 26.4. The number of allylic oxidation sites excluding steroid dienone is 3. The molecule has 0 unspecified atom stereocenters. The van der Waals surface area contributed by atoms with E-state index in [1.807, 2.05) is 32.9 Å². The van der Waals surface area contributed by atoms with Gasteiger partial charge in [0.15, 0.2) is 0 Å². The Labute approximate surface area is 239 Å². The fraction of sp³-hybridized carbons (Fsp3) is 0.645. The van der Waals surface area contributed by atoms with E-state index in [0.29, 0.717) is 12.5 Å². The van der Waals surface area contributed by atoms with Crippen molar-refractivity contribution in [1.82, 2.24) is 15.5 Å². The van der Waals surface area contributed by atoms with E-state index in [0.717, 1.165) is 18.8 Å². The minimum atomic E-state index is -0.729. The Bertz CT molecular complexity index is 723. The topological polar surface area (TPSA) is 108 Å². The Morgan fingerprint density at radius 1 is 1.08 bits per heavy atom. The Kier molecular flexibility index (Phi) is 29.0. The average Bonchev–Trinajstić information content (AvgIpc) is 3.63. The zero-order valence-electron chi connectivity index (χ0n) is 25.8. The number of terminal acetylenes is 2. The van der Waals surface area contributed by atoms with Crippen molar-refractivity contribution >= 4 is 17.9 Å². The van der Waals surface area contributed by atoms with Gasteiger partial charge in [-0.05, 0) is 52.4 Å². The smallest absolute Gasteiger partial charge is 0.408 e. The minimum absolute atomic E-state index is 0.0936. The number of hydrogen-bond donors (Lipinski definition) is 3. The van der Waals surface area contributed by atoms with Crippen LogP contribution < -0.4 is 10.6 Å². The summed E-state index contributed by atoms with van der Waals surface area (Å²) in [6, 6.07) is -0.688. The normalized spacial score (nSPS) is 16.9. The number of nitrogens with zero attached hydrogens (tertiary/aromatic N) is 1. The van der Waals surface area contributed by atoms with Crippen molar-refractivity contribution in [3.63, 3.8) is 0 Å². The van der Waals surface area contributed by atoms with Crippen molar-refractivity contribution in [3.05, 3.63) is 24.8 Å². The van der Waals surface area contributed by atoms with Crippen molar-refractivity contribution in [2.45, 2.75) is 99.3 Å². The molecule has 0 aromatic carbocycles. The number of nitrogens with one attached hydrogen (secondary N) is 2. The van der Waals surface area contributed by atoms with E-state index in [2.05, 4.69) is 63.7 Å². The molecule has 2 fully saturated rings. The van der Waals surface area contributed by atoms with Crippen molar-refractivity contribution in [2.75, 3.05) is 19.6 Å². The van der Waals surface area contributed by atoms with E-state index in [-0.39, 0.29) is 25.4 Å². The van der Waals surface area contributed by atoms with Crippen molar-refractivity contribution in [1.29, 1.82) is 0 Å². The van der Waals surface area contributed by atoms with Crippen LogP contribution in [0.15, 0.2) is 24.8 Å². The predicted molar refractivity (Wildman–Crippen MR) is 163 cm³/mol. The Morgan fingerprint density at radius 2 is 1.56 bits per heavy atom. The summed E-state index contributed by atoms with van der Waals surface area (Å²) in [7, 11) is 0. The molecule has 1 saturated heterocycles. The van der Waals surface area contributed by atoms with E-state index < -0.39 is 29.7 Å². The molecule has 0 radical (unpaired) electrons. The van der Waals surface area contributed by atoms with Gasteiger partial charge in [-0.15, -0.1) is 25.7 Å². The van der Waals surface area contributed by atoms with E-state index >= 15 is 0 Å². The lowest BCUT2D eigenvalue weighted by Crippen LogP contribution is -2.49. The van der Waals surface area contributed by atoms with Crippen molar-refractivity contribution < 1.29 is 24.2 Å². The molecule has 1 saturated carbocycles. The summed E-state index contributed by atoms with van der Waals surface area (Å²) in [6.07, 6.45) is 22.6. The number of carbonyl (C=O) groups excluding carboxylic acids is 3. The fourth-order valence-electron chi connectivity index (χ4n) is 2.72. The third kappa shape index (κ3) is 27.6. The summed E-state index contributed by atoms with van der Waals surface area (Å²) in [6.45, 7) is 21.5. The molecule has 224 valence electrons. The molecule has 1 heterocycles. The van der Waals surface area contributed by atoms with Crippen molar-refractivity contribution in [3.8, 4) is 25.7 Å². The Balaban J connectivity index is -0.000000341. The van der Waals surface area contributed by atoms with Crippen LogP contribution in [0.25, 0.3) is 0 Å². The summed E-state index contributed by atoms with van der Waals surface area (Å²) >= 11 is 0. The van der Waals surface area contributed by atoms with E-state index in [4.69, 9.17) is 4.74 Å². The SMILES string of the molecule is C#C.C#C.C=C/C=C\C.CC.CC(C)(C)OC(=O)NCC(=O)N1C[C@@H](O)C[C@H]1C(=O)NCC1CC1.CC(C)C. The van der Waals surface area contributed by atoms with E-state index in [9.17, 15) is 19.5 Å². The number of ether oxygens (including phenoxy) is 1. The maximum Gasteiger partial charge on any atom is 0.408 e. The van der Waals surface area contributed by atoms with Crippen LogP contribution >= 0.6 is 0 Å². The molecule has 2 aliphatic rings. The number of hydrogen-bond acceptors (Lipinski definition) is 5. The van der Waals surface area contributed by atoms with Gasteiger partial charge in [0.25, 0.3) is 0 Å². The first-order chi connectivity index (χ1) is 18.3. The standard InChI is InChI=1S/C16H27N3O5.C5H8.C4H10.C2H6.2C2H2/c1-16(2,3)24-15(23)18-8-13(21)19-9-11(20)6-12(19)14(22)17-7-10-4-5-10;1-3-5-4-2;1-4(2)3;3*1-2/h10-12,20H,4-9H2,1-3H3,(H,17,22)(H,18,23);3-5H,1H2,2H3;4H,1-3H3;1-2H3;2*1-2H/b;5-4-;;;;/t11-,12-;;;;;/m0...../s1. The third-order valence-electron chi connectivity index (χ3n) is 4.28. The van der Waals surface area contributed by atoms with Crippen LogP contribution in [0.4, 0.5) is 4.79 Å². The van der Waals surface area contributed by atoms with Crippen LogP contribution in [-0.2, 0) is 14.3 Å². The monoisotopic (exact) mass is 549 g/mol. The highest BCUT2D eigenvalue weighted by atomic mass is 16.6. The van der Waals surface area contributed by atoms with E-state index in [1.54, 1.807) is 26.8 Å². The molecule has 2 rings (SSSR count). The maximum absolute atomic E-state index is 12.3. The van der Waals surface area contributed by atoms with Gasteiger partial charge in [0.1, 0.15) is 18.2 Å². The molecule has 0 aromatic heterocycles. The molecule has 8 heteroatoms. The highest BCUT2D eigenvalue weighted by Crippen LogP contribution is 2.28. The summed E-state index contributed by atoms with van der Waals surface area (Å²) in [5.41, 5.74) is -0.651. The molecule has 0 spiro atoms. The minimum Gasteiger partial charge on any atom is -0.444 e. The number of amides is 3. The second-order valence-corrected chi connectivity index (χ2v) is 9.99. The van der Waals surface area contributed by atoms with Gasteiger partial charge >= 0.3 is 6.09 Å². The number of carbonyl (C=O) groups is 3. The van der Waals surface area contributed by atoms with Crippen LogP contribution in [0.5, 0.6) is 0 Å². The molecule has 0 aromatic rings. The number of rotatable bonds is 6. The first kappa shape index (κ1) is 42.8. The lowest BCUT2D eigenvalue weighted by atomic mass is 10.2. The van der Waals surface area contributed by atoms with E-state index in [1.165, 1.54) is 4.90 Å². The number of likely N-dealkylation sites (tertiary alicyclic amines) is 1. The van der Waals surface area contributed by atoms with Crippen LogP contribution in [0, 0.1) is 37.5 Å². The molecule has 1 aliphatic carbocycles. The van der Waals surface area contributed by atoms with Crippen LogP contribution in [0.3, 0.4) is 0 Å². The van der Waals surface area contributed by atoms with Gasteiger partial charge < -0.3 is 25.4 Å². The molecule has 39 heavy (non-hydrogen) atoms. The average molecular weight is 550 g/mol. The molecule has 0 bridgehead atoms. The molecular formula is C31H55N3O5. The van der Waals surface area contributed by atoms with Gasteiger partial charge in [-0.3, -0.25) is 9.59 Å². The highest BCUT2D eigenvalue weighted by Gasteiger charge is 2.39. The molecule has 1 aliphatic heterocycles.